The molecule has 0 aliphatic rings. The fraction of sp³-hybridized carbons (Fsp3) is 0.231. The Balaban J connectivity index is 2.52. The molecule has 17 heavy (non-hydrogen) atoms. The zero-order chi connectivity index (χ0) is 12.7. The van der Waals surface area contributed by atoms with Crippen LogP contribution < -0.4 is 5.32 Å². The first-order chi connectivity index (χ1) is 8.11. The van der Waals surface area contributed by atoms with Crippen molar-refractivity contribution in [2.75, 3.05) is 5.32 Å². The van der Waals surface area contributed by atoms with E-state index in [4.69, 9.17) is 4.74 Å². The molecule has 0 spiro atoms. The van der Waals surface area contributed by atoms with Gasteiger partial charge < -0.3 is 10.1 Å². The van der Waals surface area contributed by atoms with Crippen molar-refractivity contribution in [2.45, 2.75) is 20.3 Å². The van der Waals surface area contributed by atoms with Crippen LogP contribution in [0.4, 0.5) is 5.69 Å². The number of hydrogen-bond donors (Lipinski definition) is 1. The highest BCUT2D eigenvalue weighted by Gasteiger charge is 2.08. The van der Waals surface area contributed by atoms with Crippen molar-refractivity contribution in [2.24, 2.45) is 0 Å². The van der Waals surface area contributed by atoms with Crippen LogP contribution in [0.3, 0.4) is 0 Å². The Bertz CT molecular complexity index is 424. The first-order valence-corrected chi connectivity index (χ1v) is 5.30. The Labute approximate surface area is 100 Å². The van der Waals surface area contributed by atoms with Gasteiger partial charge in [-0.1, -0.05) is 18.2 Å². The molecule has 0 saturated heterocycles. The molecular weight excluding hydrogens is 218 g/mol. The van der Waals surface area contributed by atoms with Gasteiger partial charge in [-0.05, 0) is 25.1 Å². The maximum atomic E-state index is 11.6. The highest BCUT2D eigenvalue weighted by Crippen LogP contribution is 2.09. The van der Waals surface area contributed by atoms with Crippen molar-refractivity contribution < 1.29 is 14.3 Å². The summed E-state index contributed by atoms with van der Waals surface area (Å²) in [7, 11) is 0. The molecule has 0 unspecified atom stereocenters. The predicted molar refractivity (Wildman–Crippen MR) is 65.2 cm³/mol. The summed E-state index contributed by atoms with van der Waals surface area (Å²) in [6.07, 6.45) is 1.65. The number of hydrogen-bond acceptors (Lipinski definition) is 3. The fourth-order valence-corrected chi connectivity index (χ4v) is 1.27. The van der Waals surface area contributed by atoms with Gasteiger partial charge in [0.1, 0.15) is 5.76 Å². The van der Waals surface area contributed by atoms with E-state index in [1.54, 1.807) is 25.1 Å². The van der Waals surface area contributed by atoms with Gasteiger partial charge in [-0.25, -0.2) is 0 Å². The molecule has 0 aromatic heterocycles. The molecule has 4 nitrogen and oxygen atoms in total. The van der Waals surface area contributed by atoms with Gasteiger partial charge in [0, 0.05) is 12.6 Å². The summed E-state index contributed by atoms with van der Waals surface area (Å²) in [5.74, 6) is -0.290. The number of nitrogens with one attached hydrogen (secondary N) is 1. The van der Waals surface area contributed by atoms with Crippen molar-refractivity contribution in [3.05, 3.63) is 42.2 Å². The lowest BCUT2D eigenvalue weighted by Crippen LogP contribution is -2.14. The van der Waals surface area contributed by atoms with Gasteiger partial charge in [0.25, 0.3) is 0 Å². The van der Waals surface area contributed by atoms with Gasteiger partial charge in [-0.15, -0.1) is 0 Å². The molecule has 1 N–H and O–H groups in total. The van der Waals surface area contributed by atoms with Crippen molar-refractivity contribution in [3.63, 3.8) is 0 Å². The number of carbonyl (C=O) groups is 2. The number of carbonyl (C=O) groups excluding carboxylic acids is 2. The Morgan fingerprint density at radius 3 is 2.47 bits per heavy atom. The number of benzene rings is 1. The Morgan fingerprint density at radius 2 is 1.94 bits per heavy atom. The Hall–Kier alpha value is -2.10. The molecule has 0 bridgehead atoms. The number of allylic oxidation sites excluding steroid dienone is 1. The van der Waals surface area contributed by atoms with Gasteiger partial charge in [0.05, 0.1) is 6.42 Å². The molecule has 0 aliphatic carbocycles. The minimum atomic E-state index is -0.425. The van der Waals surface area contributed by atoms with Crippen molar-refractivity contribution in [1.29, 1.82) is 0 Å². The quantitative estimate of drug-likeness (QED) is 0.642. The van der Waals surface area contributed by atoms with Crippen LogP contribution in [0.25, 0.3) is 0 Å². The van der Waals surface area contributed by atoms with Gasteiger partial charge in [-0.2, -0.15) is 0 Å². The summed E-state index contributed by atoms with van der Waals surface area (Å²) in [4.78, 5) is 22.4. The fourth-order valence-electron chi connectivity index (χ4n) is 1.27. The second-order valence-electron chi connectivity index (χ2n) is 3.44. The molecule has 1 aromatic carbocycles. The highest BCUT2D eigenvalue weighted by atomic mass is 16.5. The SMILES string of the molecule is CC=C(CC(=O)Nc1ccccc1)OC(C)=O. The number of ether oxygens (including phenoxy) is 1. The van der Waals surface area contributed by atoms with Crippen LogP contribution in [-0.2, 0) is 14.3 Å². The van der Waals surface area contributed by atoms with E-state index in [-0.39, 0.29) is 12.3 Å². The van der Waals surface area contributed by atoms with E-state index in [9.17, 15) is 9.59 Å². The molecule has 1 aromatic rings. The summed E-state index contributed by atoms with van der Waals surface area (Å²) in [6.45, 7) is 3.02. The molecule has 0 fully saturated rings. The molecule has 0 aliphatic heterocycles. The van der Waals surface area contributed by atoms with E-state index in [0.29, 0.717) is 5.76 Å². The molecule has 1 amide bonds. The van der Waals surface area contributed by atoms with E-state index in [0.717, 1.165) is 5.69 Å². The van der Waals surface area contributed by atoms with E-state index in [1.807, 2.05) is 18.2 Å². The Morgan fingerprint density at radius 1 is 1.29 bits per heavy atom. The van der Waals surface area contributed by atoms with Crippen LogP contribution in [0.1, 0.15) is 20.3 Å². The van der Waals surface area contributed by atoms with Crippen LogP contribution in [0.2, 0.25) is 0 Å². The zero-order valence-corrected chi connectivity index (χ0v) is 9.90. The monoisotopic (exact) mass is 233 g/mol. The van der Waals surface area contributed by atoms with Crippen molar-refractivity contribution >= 4 is 17.6 Å². The van der Waals surface area contributed by atoms with Crippen LogP contribution in [0.5, 0.6) is 0 Å². The summed E-state index contributed by atoms with van der Waals surface area (Å²) >= 11 is 0. The third-order valence-corrected chi connectivity index (χ3v) is 1.99. The average molecular weight is 233 g/mol. The first-order valence-electron chi connectivity index (χ1n) is 5.30. The minimum absolute atomic E-state index is 0.0466. The number of para-hydroxylation sites is 1. The third kappa shape index (κ3) is 4.97. The standard InChI is InChI=1S/C13H15NO3/c1-3-12(17-10(2)15)9-13(16)14-11-7-5-4-6-8-11/h3-8H,9H2,1-2H3,(H,14,16). The van der Waals surface area contributed by atoms with Gasteiger partial charge in [0.15, 0.2) is 0 Å². The minimum Gasteiger partial charge on any atom is -0.431 e. The molecule has 0 heterocycles. The molecule has 0 atom stereocenters. The van der Waals surface area contributed by atoms with Gasteiger partial charge >= 0.3 is 5.97 Å². The largest absolute Gasteiger partial charge is 0.431 e. The maximum absolute atomic E-state index is 11.6. The zero-order valence-electron chi connectivity index (χ0n) is 9.90. The van der Waals surface area contributed by atoms with Crippen LogP contribution >= 0.6 is 0 Å². The van der Waals surface area contributed by atoms with E-state index in [2.05, 4.69) is 5.32 Å². The molecule has 1 rings (SSSR count). The average Bonchev–Trinajstić information content (AvgIpc) is 2.28. The molecule has 0 saturated carbocycles. The summed E-state index contributed by atoms with van der Waals surface area (Å²) in [5.41, 5.74) is 0.718. The molecule has 0 radical (unpaired) electrons. The smallest absolute Gasteiger partial charge is 0.307 e. The predicted octanol–water partition coefficient (Wildman–Crippen LogP) is 2.48. The summed E-state index contributed by atoms with van der Waals surface area (Å²) < 4.78 is 4.87. The number of esters is 1. The lowest BCUT2D eigenvalue weighted by Gasteiger charge is -2.07. The number of amides is 1. The van der Waals surface area contributed by atoms with Crippen molar-refractivity contribution in [1.82, 2.24) is 0 Å². The van der Waals surface area contributed by atoms with Crippen LogP contribution in [-0.4, -0.2) is 11.9 Å². The van der Waals surface area contributed by atoms with E-state index < -0.39 is 5.97 Å². The van der Waals surface area contributed by atoms with E-state index in [1.165, 1.54) is 6.92 Å². The third-order valence-electron chi connectivity index (χ3n) is 1.99. The van der Waals surface area contributed by atoms with Gasteiger partial charge in [0.2, 0.25) is 5.91 Å². The van der Waals surface area contributed by atoms with Gasteiger partial charge in [-0.3, -0.25) is 9.59 Å². The van der Waals surface area contributed by atoms with Crippen LogP contribution in [0, 0.1) is 0 Å². The topological polar surface area (TPSA) is 55.4 Å². The number of rotatable bonds is 4. The lowest BCUT2D eigenvalue weighted by atomic mass is 10.3. The molecule has 4 heteroatoms. The first kappa shape index (κ1) is 13.0. The second-order valence-corrected chi connectivity index (χ2v) is 3.44. The van der Waals surface area contributed by atoms with Crippen molar-refractivity contribution in [3.8, 4) is 0 Å². The maximum Gasteiger partial charge on any atom is 0.307 e. The molecular formula is C13H15NO3. The molecule has 90 valence electrons. The normalized spacial score (nSPS) is 10.8. The van der Waals surface area contributed by atoms with E-state index >= 15 is 0 Å². The number of anilines is 1. The van der Waals surface area contributed by atoms with Crippen LogP contribution in [0.15, 0.2) is 42.2 Å². The summed E-state index contributed by atoms with van der Waals surface area (Å²) in [5, 5.41) is 2.71. The highest BCUT2D eigenvalue weighted by molar-refractivity contribution is 5.92. The second kappa shape index (κ2) is 6.48. The summed E-state index contributed by atoms with van der Waals surface area (Å²) in [6, 6.07) is 9.11. The lowest BCUT2D eigenvalue weighted by molar-refractivity contribution is -0.137. The Kier molecular flexibility index (Phi) is 4.94.